The summed E-state index contributed by atoms with van der Waals surface area (Å²) in [5, 5.41) is 8.46. The molecule has 2 bridgehead atoms. The number of primary sulfonamides is 1. The van der Waals surface area contributed by atoms with Crippen molar-refractivity contribution in [2.45, 2.75) is 36.2 Å². The number of hydrogen-bond donors (Lipinski definition) is 2. The number of carbonyl (C=O) groups is 1. The lowest BCUT2D eigenvalue weighted by atomic mass is 10.1. The molecule has 2 atom stereocenters. The number of nitrogens with one attached hydrogen (secondary N) is 1. The van der Waals surface area contributed by atoms with Crippen molar-refractivity contribution in [3.05, 3.63) is 24.3 Å². The number of ether oxygens (including phenoxy) is 1. The molecule has 2 saturated heterocycles. The van der Waals surface area contributed by atoms with Gasteiger partial charge in [0.2, 0.25) is 15.9 Å². The van der Waals surface area contributed by atoms with Crippen molar-refractivity contribution < 1.29 is 17.9 Å². The van der Waals surface area contributed by atoms with Crippen molar-refractivity contribution in [1.82, 2.24) is 10.2 Å². The fraction of sp³-hybridized carbons (Fsp3) is 0.588. The largest absolute Gasteiger partial charge is 0.493 e. The Bertz CT molecular complexity index is 716. The standard InChI is InChI=1S/C17H25N3O4S2.ClH/c18-26(22,23)16-5-3-15(4-6-16)24-9-10-25-12-17(21)20-13-1-2-14(20)11-19-8-7-13;/h3-6,13-14,19H,1-2,7-12H2,(H2,18,22,23);1H. The highest BCUT2D eigenvalue weighted by atomic mass is 35.5. The fourth-order valence-electron chi connectivity index (χ4n) is 3.57. The predicted octanol–water partition coefficient (Wildman–Crippen LogP) is 1.22. The molecule has 0 aromatic heterocycles. The van der Waals surface area contributed by atoms with E-state index in [2.05, 4.69) is 10.2 Å². The number of halogens is 1. The Balaban J connectivity index is 0.00000261. The average molecular weight is 436 g/mol. The number of fused-ring (bicyclic) bond motifs is 2. The van der Waals surface area contributed by atoms with E-state index in [1.165, 1.54) is 12.1 Å². The smallest absolute Gasteiger partial charge is 0.238 e. The third kappa shape index (κ3) is 5.99. The summed E-state index contributed by atoms with van der Waals surface area (Å²) in [7, 11) is -3.68. The van der Waals surface area contributed by atoms with Crippen molar-refractivity contribution in [2.75, 3.05) is 31.2 Å². The zero-order valence-corrected chi connectivity index (χ0v) is 17.5. The van der Waals surface area contributed by atoms with Crippen LogP contribution in [0.5, 0.6) is 5.75 Å². The third-order valence-electron chi connectivity index (χ3n) is 4.82. The number of nitrogens with zero attached hydrogens (tertiary/aromatic N) is 1. The van der Waals surface area contributed by atoms with E-state index in [0.29, 0.717) is 35.9 Å². The van der Waals surface area contributed by atoms with E-state index >= 15 is 0 Å². The maximum absolute atomic E-state index is 12.5. The summed E-state index contributed by atoms with van der Waals surface area (Å²) in [6.07, 6.45) is 3.27. The molecular formula is C17H26ClN3O4S2. The van der Waals surface area contributed by atoms with Gasteiger partial charge in [0.1, 0.15) is 5.75 Å². The van der Waals surface area contributed by atoms with Crippen LogP contribution in [0, 0.1) is 0 Å². The lowest BCUT2D eigenvalue weighted by Gasteiger charge is -2.27. The monoisotopic (exact) mass is 435 g/mol. The highest BCUT2D eigenvalue weighted by Gasteiger charge is 2.37. The van der Waals surface area contributed by atoms with E-state index in [4.69, 9.17) is 9.88 Å². The van der Waals surface area contributed by atoms with Gasteiger partial charge in [0, 0.05) is 24.4 Å². The molecule has 7 nitrogen and oxygen atoms in total. The van der Waals surface area contributed by atoms with Gasteiger partial charge in [0.25, 0.3) is 0 Å². The summed E-state index contributed by atoms with van der Waals surface area (Å²) in [6.45, 7) is 2.36. The Labute approximate surface area is 170 Å². The Kier molecular flexibility index (Phi) is 8.23. The molecule has 2 unspecified atom stereocenters. The van der Waals surface area contributed by atoms with E-state index in [1.54, 1.807) is 23.9 Å². The van der Waals surface area contributed by atoms with Crippen LogP contribution in [0.3, 0.4) is 0 Å². The molecular weight excluding hydrogens is 410 g/mol. The molecule has 0 radical (unpaired) electrons. The van der Waals surface area contributed by atoms with Gasteiger partial charge in [-0.2, -0.15) is 0 Å². The highest BCUT2D eigenvalue weighted by Crippen LogP contribution is 2.28. The normalized spacial score (nSPS) is 22.0. The number of carbonyl (C=O) groups excluding carboxylic acids is 1. The summed E-state index contributed by atoms with van der Waals surface area (Å²) in [4.78, 5) is 14.7. The van der Waals surface area contributed by atoms with Crippen molar-refractivity contribution in [2.24, 2.45) is 5.14 Å². The van der Waals surface area contributed by atoms with Gasteiger partial charge in [-0.1, -0.05) is 0 Å². The van der Waals surface area contributed by atoms with E-state index in [-0.39, 0.29) is 23.2 Å². The first kappa shape index (κ1) is 22.3. The second-order valence-electron chi connectivity index (χ2n) is 6.60. The topological polar surface area (TPSA) is 102 Å². The van der Waals surface area contributed by atoms with E-state index in [0.717, 1.165) is 32.4 Å². The zero-order valence-electron chi connectivity index (χ0n) is 15.0. The Morgan fingerprint density at radius 2 is 1.93 bits per heavy atom. The molecule has 2 aliphatic rings. The second-order valence-corrected chi connectivity index (χ2v) is 9.26. The molecule has 2 fully saturated rings. The molecule has 2 aliphatic heterocycles. The van der Waals surface area contributed by atoms with Gasteiger partial charge < -0.3 is 15.0 Å². The van der Waals surface area contributed by atoms with Gasteiger partial charge in [-0.25, -0.2) is 13.6 Å². The molecule has 1 aromatic carbocycles. The fourth-order valence-corrected chi connectivity index (χ4v) is 4.75. The van der Waals surface area contributed by atoms with Crippen LogP contribution in [0.1, 0.15) is 19.3 Å². The highest BCUT2D eigenvalue weighted by molar-refractivity contribution is 7.99. The maximum atomic E-state index is 12.5. The molecule has 1 amide bonds. The number of hydrogen-bond acceptors (Lipinski definition) is 6. The summed E-state index contributed by atoms with van der Waals surface area (Å²) < 4.78 is 28.0. The van der Waals surface area contributed by atoms with Gasteiger partial charge in [-0.3, -0.25) is 4.79 Å². The minimum Gasteiger partial charge on any atom is -0.493 e. The van der Waals surface area contributed by atoms with Crippen LogP contribution in [0.15, 0.2) is 29.2 Å². The van der Waals surface area contributed by atoms with E-state index < -0.39 is 10.0 Å². The number of nitrogens with two attached hydrogens (primary N) is 1. The van der Waals surface area contributed by atoms with Gasteiger partial charge in [-0.15, -0.1) is 24.2 Å². The average Bonchev–Trinajstić information content (AvgIpc) is 2.87. The number of amides is 1. The number of sulfonamides is 1. The van der Waals surface area contributed by atoms with Crippen LogP contribution in [-0.4, -0.2) is 62.5 Å². The van der Waals surface area contributed by atoms with Crippen LogP contribution in [0.4, 0.5) is 0 Å². The summed E-state index contributed by atoms with van der Waals surface area (Å²) in [6, 6.07) is 6.75. The predicted molar refractivity (Wildman–Crippen MR) is 109 cm³/mol. The van der Waals surface area contributed by atoms with Crippen LogP contribution < -0.4 is 15.2 Å². The first-order valence-electron chi connectivity index (χ1n) is 8.80. The molecule has 3 N–H and O–H groups in total. The summed E-state index contributed by atoms with van der Waals surface area (Å²) in [5.74, 6) is 1.98. The van der Waals surface area contributed by atoms with Crippen LogP contribution in [0.2, 0.25) is 0 Å². The second kappa shape index (κ2) is 9.97. The SMILES string of the molecule is Cl.NS(=O)(=O)c1ccc(OCCSCC(=O)N2C3CCNCC2CC3)cc1. The number of rotatable bonds is 7. The molecule has 0 saturated carbocycles. The lowest BCUT2D eigenvalue weighted by molar-refractivity contribution is -0.130. The Hall–Kier alpha value is -1.00. The lowest BCUT2D eigenvalue weighted by Crippen LogP contribution is -2.43. The van der Waals surface area contributed by atoms with Crippen molar-refractivity contribution in [1.29, 1.82) is 0 Å². The van der Waals surface area contributed by atoms with Crippen molar-refractivity contribution in [3.63, 3.8) is 0 Å². The third-order valence-corrected chi connectivity index (χ3v) is 6.65. The van der Waals surface area contributed by atoms with E-state index in [1.807, 2.05) is 0 Å². The molecule has 3 rings (SSSR count). The first-order chi connectivity index (χ1) is 12.4. The van der Waals surface area contributed by atoms with Crippen molar-refractivity contribution in [3.8, 4) is 5.75 Å². The van der Waals surface area contributed by atoms with Crippen LogP contribution in [-0.2, 0) is 14.8 Å². The Morgan fingerprint density at radius 3 is 2.63 bits per heavy atom. The minimum absolute atomic E-state index is 0. The molecule has 0 spiro atoms. The molecule has 0 aliphatic carbocycles. The summed E-state index contributed by atoms with van der Waals surface area (Å²) in [5.41, 5.74) is 0. The molecule has 10 heteroatoms. The number of benzene rings is 1. The van der Waals surface area contributed by atoms with Gasteiger partial charge in [0.05, 0.1) is 17.3 Å². The maximum Gasteiger partial charge on any atom is 0.238 e. The van der Waals surface area contributed by atoms with Gasteiger partial charge in [0.15, 0.2) is 0 Å². The Morgan fingerprint density at radius 1 is 1.22 bits per heavy atom. The van der Waals surface area contributed by atoms with Gasteiger partial charge >= 0.3 is 0 Å². The van der Waals surface area contributed by atoms with Crippen LogP contribution in [0.25, 0.3) is 0 Å². The minimum atomic E-state index is -3.68. The first-order valence-corrected chi connectivity index (χ1v) is 11.5. The molecule has 2 heterocycles. The van der Waals surface area contributed by atoms with Crippen molar-refractivity contribution >= 4 is 40.1 Å². The van der Waals surface area contributed by atoms with E-state index in [9.17, 15) is 13.2 Å². The zero-order chi connectivity index (χ0) is 18.6. The van der Waals surface area contributed by atoms with Crippen LogP contribution >= 0.6 is 24.2 Å². The molecule has 152 valence electrons. The summed E-state index contributed by atoms with van der Waals surface area (Å²) >= 11 is 1.57. The molecule has 27 heavy (non-hydrogen) atoms. The quantitative estimate of drug-likeness (QED) is 0.624. The molecule has 1 aromatic rings. The van der Waals surface area contributed by atoms with Gasteiger partial charge in [-0.05, 0) is 50.1 Å². The number of thioether (sulfide) groups is 1.